The number of nitrogens with zero attached hydrogens (tertiary/aromatic N) is 1. The zero-order chi connectivity index (χ0) is 24.2. The standard InChI is InChI=1S/C25H25NO8/c1-15-4-9-18-19(13-15)24(30)26(23(18)29)11-10-22(28)33-14-20(27)16-5-7-17(8-6-16)34-25(31)21-3-2-12-32-21/h2-3,5-8,12,15,18-19H,4,9-11,13-14H2,1H3. The summed E-state index contributed by atoms with van der Waals surface area (Å²) in [5, 5.41) is 0. The molecular weight excluding hydrogens is 442 g/mol. The largest absolute Gasteiger partial charge is 0.457 e. The maximum Gasteiger partial charge on any atom is 0.379 e. The van der Waals surface area contributed by atoms with Crippen molar-refractivity contribution < 1.29 is 37.9 Å². The van der Waals surface area contributed by atoms with Gasteiger partial charge < -0.3 is 13.9 Å². The number of ether oxygens (including phenoxy) is 2. The minimum atomic E-state index is -0.666. The van der Waals surface area contributed by atoms with Gasteiger partial charge >= 0.3 is 11.9 Å². The molecule has 1 saturated heterocycles. The fourth-order valence-corrected chi connectivity index (χ4v) is 4.44. The molecule has 3 atom stereocenters. The molecule has 0 bridgehead atoms. The van der Waals surface area contributed by atoms with Crippen LogP contribution in [0, 0.1) is 17.8 Å². The number of amides is 2. The highest BCUT2D eigenvalue weighted by Gasteiger charge is 2.49. The molecule has 2 fully saturated rings. The molecule has 2 aromatic rings. The van der Waals surface area contributed by atoms with Crippen LogP contribution in [0.3, 0.4) is 0 Å². The van der Waals surface area contributed by atoms with Gasteiger partial charge in [-0.05, 0) is 61.6 Å². The molecule has 1 aromatic heterocycles. The number of esters is 2. The molecule has 2 heterocycles. The summed E-state index contributed by atoms with van der Waals surface area (Å²) in [5.74, 6) is -2.06. The number of hydrogen-bond donors (Lipinski definition) is 0. The molecule has 1 aliphatic heterocycles. The number of hydrogen-bond acceptors (Lipinski definition) is 8. The Morgan fingerprint density at radius 3 is 2.47 bits per heavy atom. The summed E-state index contributed by atoms with van der Waals surface area (Å²) in [4.78, 5) is 62.6. The van der Waals surface area contributed by atoms with Crippen LogP contribution in [0.1, 0.15) is 53.5 Å². The van der Waals surface area contributed by atoms with Gasteiger partial charge in [-0.2, -0.15) is 0 Å². The molecule has 9 heteroatoms. The van der Waals surface area contributed by atoms with Crippen LogP contribution in [0.2, 0.25) is 0 Å². The third-order valence-electron chi connectivity index (χ3n) is 6.29. The third-order valence-corrected chi connectivity index (χ3v) is 6.29. The van der Waals surface area contributed by atoms with E-state index >= 15 is 0 Å². The van der Waals surface area contributed by atoms with Gasteiger partial charge in [-0.1, -0.05) is 6.92 Å². The molecule has 1 aromatic carbocycles. The maximum absolute atomic E-state index is 12.6. The van der Waals surface area contributed by atoms with Gasteiger partial charge in [0.25, 0.3) is 0 Å². The number of ketones is 1. The zero-order valence-electron chi connectivity index (χ0n) is 18.7. The monoisotopic (exact) mass is 467 g/mol. The molecule has 2 aliphatic rings. The Hall–Kier alpha value is -3.75. The normalized spacial score (nSPS) is 21.8. The van der Waals surface area contributed by atoms with E-state index in [0.717, 1.165) is 6.42 Å². The van der Waals surface area contributed by atoms with Crippen LogP contribution in [-0.2, 0) is 19.1 Å². The molecule has 1 saturated carbocycles. The first-order chi connectivity index (χ1) is 16.3. The van der Waals surface area contributed by atoms with E-state index in [1.165, 1.54) is 41.5 Å². The van der Waals surface area contributed by atoms with Crippen LogP contribution in [0.25, 0.3) is 0 Å². The Balaban J connectivity index is 1.22. The second-order valence-electron chi connectivity index (χ2n) is 8.68. The maximum atomic E-state index is 12.6. The number of carbonyl (C=O) groups excluding carboxylic acids is 5. The van der Waals surface area contributed by atoms with Gasteiger partial charge in [0, 0.05) is 12.1 Å². The Morgan fingerprint density at radius 2 is 1.76 bits per heavy atom. The van der Waals surface area contributed by atoms with Crippen LogP contribution in [0.5, 0.6) is 5.75 Å². The highest BCUT2D eigenvalue weighted by molar-refractivity contribution is 6.05. The lowest BCUT2D eigenvalue weighted by Gasteiger charge is -2.25. The number of likely N-dealkylation sites (tertiary alicyclic amines) is 1. The van der Waals surface area contributed by atoms with Crippen molar-refractivity contribution >= 4 is 29.5 Å². The summed E-state index contributed by atoms with van der Waals surface area (Å²) >= 11 is 0. The molecule has 4 rings (SSSR count). The van der Waals surface area contributed by atoms with Crippen molar-refractivity contribution in [2.75, 3.05) is 13.2 Å². The minimum Gasteiger partial charge on any atom is -0.457 e. The Kier molecular flexibility index (Phi) is 6.90. The Bertz CT molecular complexity index is 1090. The highest BCUT2D eigenvalue weighted by atomic mass is 16.5. The van der Waals surface area contributed by atoms with E-state index in [2.05, 4.69) is 6.92 Å². The van der Waals surface area contributed by atoms with Crippen LogP contribution in [-0.4, -0.2) is 47.6 Å². The first kappa shape index (κ1) is 23.4. The van der Waals surface area contributed by atoms with Crippen molar-refractivity contribution in [3.05, 3.63) is 54.0 Å². The van der Waals surface area contributed by atoms with Crippen molar-refractivity contribution in [3.63, 3.8) is 0 Å². The van der Waals surface area contributed by atoms with E-state index in [-0.39, 0.29) is 53.7 Å². The predicted octanol–water partition coefficient (Wildman–Crippen LogP) is 3.04. The molecule has 9 nitrogen and oxygen atoms in total. The summed E-state index contributed by atoms with van der Waals surface area (Å²) in [6, 6.07) is 8.82. The summed E-state index contributed by atoms with van der Waals surface area (Å²) < 4.78 is 15.1. The van der Waals surface area contributed by atoms with E-state index < -0.39 is 24.3 Å². The predicted molar refractivity (Wildman–Crippen MR) is 117 cm³/mol. The van der Waals surface area contributed by atoms with Crippen LogP contribution < -0.4 is 4.74 Å². The molecular formula is C25H25NO8. The van der Waals surface area contributed by atoms with Crippen LogP contribution in [0.15, 0.2) is 47.1 Å². The molecule has 0 spiro atoms. The molecule has 3 unspecified atom stereocenters. The van der Waals surface area contributed by atoms with E-state index in [1.807, 2.05) is 0 Å². The first-order valence-electron chi connectivity index (χ1n) is 11.2. The van der Waals surface area contributed by atoms with Gasteiger partial charge in [0.2, 0.25) is 17.6 Å². The van der Waals surface area contributed by atoms with Crippen LogP contribution >= 0.6 is 0 Å². The number of furan rings is 1. The number of Topliss-reactive ketones (excluding diaryl/α,β-unsaturated/α-hetero) is 1. The quantitative estimate of drug-likeness (QED) is 0.251. The van der Waals surface area contributed by atoms with Gasteiger partial charge in [0.05, 0.1) is 24.5 Å². The van der Waals surface area contributed by atoms with Crippen molar-refractivity contribution in [2.45, 2.75) is 32.6 Å². The van der Waals surface area contributed by atoms with Crippen molar-refractivity contribution in [3.8, 4) is 5.75 Å². The molecule has 1 aliphatic carbocycles. The summed E-state index contributed by atoms with van der Waals surface area (Å²) in [5.41, 5.74) is 0.272. The van der Waals surface area contributed by atoms with Crippen molar-refractivity contribution in [1.82, 2.24) is 4.90 Å². The number of rotatable bonds is 8. The van der Waals surface area contributed by atoms with E-state index in [0.29, 0.717) is 18.8 Å². The van der Waals surface area contributed by atoms with Crippen molar-refractivity contribution in [2.24, 2.45) is 17.8 Å². The second kappa shape index (κ2) is 10.0. The molecule has 34 heavy (non-hydrogen) atoms. The number of imide groups is 1. The Morgan fingerprint density at radius 1 is 1.03 bits per heavy atom. The van der Waals surface area contributed by atoms with Crippen LogP contribution in [0.4, 0.5) is 0 Å². The highest BCUT2D eigenvalue weighted by Crippen LogP contribution is 2.40. The summed E-state index contributed by atoms with van der Waals surface area (Å²) in [7, 11) is 0. The molecule has 0 radical (unpaired) electrons. The van der Waals surface area contributed by atoms with Gasteiger partial charge in [-0.25, -0.2) is 4.79 Å². The van der Waals surface area contributed by atoms with Gasteiger partial charge in [0.1, 0.15) is 5.75 Å². The van der Waals surface area contributed by atoms with Gasteiger partial charge in [0.15, 0.2) is 12.4 Å². The minimum absolute atomic E-state index is 0.0399. The molecule has 0 N–H and O–H groups in total. The number of benzene rings is 1. The average Bonchev–Trinajstić information content (AvgIpc) is 3.44. The molecule has 178 valence electrons. The average molecular weight is 467 g/mol. The molecule has 2 amide bonds. The zero-order valence-corrected chi connectivity index (χ0v) is 18.7. The SMILES string of the molecule is CC1CCC2C(=O)N(CCC(=O)OCC(=O)c3ccc(OC(=O)c4ccco4)cc3)C(=O)C2C1. The second-order valence-corrected chi connectivity index (χ2v) is 8.68. The topological polar surface area (TPSA) is 120 Å². The van der Waals surface area contributed by atoms with Gasteiger partial charge in [-0.3, -0.25) is 24.1 Å². The number of fused-ring (bicyclic) bond motifs is 1. The summed E-state index contributed by atoms with van der Waals surface area (Å²) in [6.45, 7) is 1.56. The first-order valence-corrected chi connectivity index (χ1v) is 11.2. The lowest BCUT2D eigenvalue weighted by molar-refractivity contribution is -0.145. The van der Waals surface area contributed by atoms with Gasteiger partial charge in [-0.15, -0.1) is 0 Å². The lowest BCUT2D eigenvalue weighted by Crippen LogP contribution is -2.33. The number of carbonyl (C=O) groups is 5. The fourth-order valence-electron chi connectivity index (χ4n) is 4.44. The lowest BCUT2D eigenvalue weighted by atomic mass is 9.76. The summed E-state index contributed by atoms with van der Waals surface area (Å²) in [6.07, 6.45) is 3.51. The Labute approximate surface area is 196 Å². The van der Waals surface area contributed by atoms with Crippen molar-refractivity contribution in [1.29, 1.82) is 0 Å². The van der Waals surface area contributed by atoms with E-state index in [4.69, 9.17) is 13.9 Å². The van der Waals surface area contributed by atoms with E-state index in [9.17, 15) is 24.0 Å². The smallest absolute Gasteiger partial charge is 0.379 e. The van der Waals surface area contributed by atoms with E-state index in [1.54, 1.807) is 6.07 Å². The fraction of sp³-hybridized carbons (Fsp3) is 0.400. The third kappa shape index (κ3) is 5.08.